The van der Waals surface area contributed by atoms with Gasteiger partial charge in [0.2, 0.25) is 0 Å². The van der Waals surface area contributed by atoms with Crippen LogP contribution < -0.4 is 4.74 Å². The number of aliphatic carboxylic acids is 1. The van der Waals surface area contributed by atoms with Crippen molar-refractivity contribution in [1.82, 2.24) is 9.88 Å². The molecule has 2 N–H and O–H groups in total. The predicted molar refractivity (Wildman–Crippen MR) is 138 cm³/mol. The van der Waals surface area contributed by atoms with Crippen molar-refractivity contribution < 1.29 is 24.1 Å². The van der Waals surface area contributed by atoms with Gasteiger partial charge in [0.15, 0.2) is 0 Å². The monoisotopic (exact) mass is 518 g/mol. The van der Waals surface area contributed by atoms with E-state index >= 15 is 4.39 Å². The highest BCUT2D eigenvalue weighted by Gasteiger charge is 2.41. The van der Waals surface area contributed by atoms with Crippen LogP contribution in [0.25, 0.3) is 10.9 Å². The molecule has 0 spiro atoms. The topological polar surface area (TPSA) is 82.9 Å². The smallest absolute Gasteiger partial charge is 0.309 e. The number of fused-ring (bicyclic) bond motifs is 1. The number of pyridine rings is 1. The predicted octanol–water partition coefficient (Wildman–Crippen LogP) is 5.55. The first-order chi connectivity index (χ1) is 17.0. The summed E-state index contributed by atoms with van der Waals surface area (Å²) in [5, 5.41) is 22.6. The van der Waals surface area contributed by atoms with Gasteiger partial charge in [-0.2, -0.15) is 0 Å². The van der Waals surface area contributed by atoms with Crippen LogP contribution in [-0.2, 0) is 11.4 Å². The number of aliphatic hydroxyl groups excluding tert-OH is 1. The van der Waals surface area contributed by atoms with Crippen molar-refractivity contribution in [2.45, 2.75) is 42.7 Å². The van der Waals surface area contributed by atoms with Crippen molar-refractivity contribution in [3.63, 3.8) is 0 Å². The number of benzene rings is 1. The summed E-state index contributed by atoms with van der Waals surface area (Å²) < 4.78 is 22.3. The van der Waals surface area contributed by atoms with Gasteiger partial charge >= 0.3 is 5.97 Å². The van der Waals surface area contributed by atoms with Crippen molar-refractivity contribution in [2.24, 2.45) is 5.41 Å². The fraction of sp³-hybridized carbons (Fsp3) is 0.462. The van der Waals surface area contributed by atoms with E-state index in [2.05, 4.69) is 21.3 Å². The molecule has 0 radical (unpaired) electrons. The molecule has 3 aromatic rings. The number of thiophene rings is 1. The van der Waals surface area contributed by atoms with Crippen molar-refractivity contribution in [1.29, 1.82) is 0 Å². The van der Waals surface area contributed by atoms with Crippen molar-refractivity contribution >= 4 is 40.0 Å². The van der Waals surface area contributed by atoms with Gasteiger partial charge < -0.3 is 19.8 Å². The maximum Gasteiger partial charge on any atom is 0.309 e. The molecular formula is C26H31FN2O4S2. The zero-order valence-electron chi connectivity index (χ0n) is 19.8. The molecule has 2 aromatic heterocycles. The summed E-state index contributed by atoms with van der Waals surface area (Å²) in [4.78, 5) is 18.9. The Hall–Kier alpha value is -2.20. The third-order valence-corrected chi connectivity index (χ3v) is 9.08. The molecule has 0 unspecified atom stereocenters. The number of aromatic nitrogens is 1. The molecule has 35 heavy (non-hydrogen) atoms. The number of halogens is 1. The van der Waals surface area contributed by atoms with Crippen LogP contribution in [0.3, 0.4) is 0 Å². The lowest BCUT2D eigenvalue weighted by atomic mass is 9.74. The van der Waals surface area contributed by atoms with E-state index in [9.17, 15) is 15.0 Å². The van der Waals surface area contributed by atoms with E-state index in [1.165, 1.54) is 10.4 Å². The summed E-state index contributed by atoms with van der Waals surface area (Å²) in [5.74, 6) is 0.700. The van der Waals surface area contributed by atoms with Gasteiger partial charge in [0.25, 0.3) is 0 Å². The minimum absolute atomic E-state index is 0.0733. The lowest BCUT2D eigenvalue weighted by molar-refractivity contribution is -0.153. The molecule has 1 saturated heterocycles. The lowest BCUT2D eigenvalue weighted by Gasteiger charge is -2.39. The lowest BCUT2D eigenvalue weighted by Crippen LogP contribution is -2.45. The van der Waals surface area contributed by atoms with E-state index in [0.717, 1.165) is 12.3 Å². The molecule has 1 aliphatic rings. The van der Waals surface area contributed by atoms with E-state index in [1.807, 2.05) is 17.8 Å². The molecule has 4 rings (SSSR count). The Morgan fingerprint density at radius 2 is 2.14 bits per heavy atom. The highest BCUT2D eigenvalue weighted by atomic mass is 32.2. The Morgan fingerprint density at radius 3 is 2.80 bits per heavy atom. The molecule has 0 bridgehead atoms. The average Bonchev–Trinajstić information content (AvgIpc) is 3.40. The molecule has 9 heteroatoms. The van der Waals surface area contributed by atoms with E-state index in [0.29, 0.717) is 53.7 Å². The van der Waals surface area contributed by atoms with Crippen molar-refractivity contribution in [2.75, 3.05) is 32.5 Å². The van der Waals surface area contributed by atoms with Gasteiger partial charge in [-0.25, -0.2) is 4.39 Å². The normalized spacial score (nSPS) is 16.9. The second-order valence-electron chi connectivity index (χ2n) is 8.95. The van der Waals surface area contributed by atoms with Gasteiger partial charge in [-0.05, 0) is 68.4 Å². The number of methoxy groups -OCH3 is 1. The molecular weight excluding hydrogens is 487 g/mol. The molecule has 1 atom stereocenters. The van der Waals surface area contributed by atoms with Crippen LogP contribution in [0.2, 0.25) is 0 Å². The number of piperidine rings is 1. The molecule has 1 aromatic carbocycles. The second-order valence-corrected chi connectivity index (χ2v) is 11.3. The largest absolute Gasteiger partial charge is 0.497 e. The Morgan fingerprint density at radius 1 is 1.34 bits per heavy atom. The summed E-state index contributed by atoms with van der Waals surface area (Å²) in [6.45, 7) is 1.98. The number of hydrogen-bond acceptors (Lipinski definition) is 7. The number of alkyl halides is 1. The zero-order valence-corrected chi connectivity index (χ0v) is 21.4. The molecule has 1 fully saturated rings. The van der Waals surface area contributed by atoms with Crippen LogP contribution in [0.15, 0.2) is 46.1 Å². The number of likely N-dealkylation sites (tertiary alicyclic amines) is 1. The van der Waals surface area contributed by atoms with Crippen LogP contribution in [0.5, 0.6) is 5.75 Å². The highest BCUT2D eigenvalue weighted by molar-refractivity contribution is 8.01. The molecule has 3 heterocycles. The molecule has 6 nitrogen and oxygen atoms in total. The summed E-state index contributed by atoms with van der Waals surface area (Å²) in [5.41, 5.74) is 0.477. The van der Waals surface area contributed by atoms with Gasteiger partial charge in [0.05, 0.1) is 28.9 Å². The quantitative estimate of drug-likeness (QED) is 0.322. The molecule has 0 aliphatic carbocycles. The minimum atomic E-state index is -1.41. The van der Waals surface area contributed by atoms with Crippen LogP contribution in [0.1, 0.15) is 43.0 Å². The maximum absolute atomic E-state index is 15.7. The summed E-state index contributed by atoms with van der Waals surface area (Å²) in [7, 11) is 1.54. The number of rotatable bonds is 11. The number of carboxylic acid groups (broad SMARTS) is 1. The van der Waals surface area contributed by atoms with Gasteiger partial charge in [0.1, 0.15) is 11.9 Å². The Balaban J connectivity index is 1.42. The average molecular weight is 519 g/mol. The first kappa shape index (κ1) is 25.9. The summed E-state index contributed by atoms with van der Waals surface area (Å²) in [6, 6.07) is 9.40. The number of hydrogen-bond donors (Lipinski definition) is 2. The van der Waals surface area contributed by atoms with Gasteiger partial charge in [-0.15, -0.1) is 23.1 Å². The Labute approximate surface area is 213 Å². The van der Waals surface area contributed by atoms with Gasteiger partial charge in [-0.1, -0.05) is 6.07 Å². The fourth-order valence-corrected chi connectivity index (χ4v) is 6.66. The molecule has 0 saturated carbocycles. The number of carboxylic acids is 1. The highest BCUT2D eigenvalue weighted by Crippen LogP contribution is 2.41. The Bertz CT molecular complexity index is 1130. The standard InChI is InChI=1S/C26H31FN2O4S2/c1-33-19-4-5-22-20(15-19)24(18(17-30)16-28-22)21(27)6-7-26(25(31)32)8-10-29(11-9-26)12-14-35-23-3-2-13-34-23/h2-5,13,15-16,21,30H,6-12,14,17H2,1H3,(H,31,32)/t21-/m1/s1. The SMILES string of the molecule is COc1ccc2ncc(CO)c([C@H](F)CCC3(C(=O)O)CCN(CCSc4cccs4)CC3)c2c1. The number of aliphatic hydroxyl groups is 1. The zero-order chi connectivity index (χ0) is 24.8. The van der Waals surface area contributed by atoms with Crippen LogP contribution in [-0.4, -0.2) is 58.6 Å². The maximum atomic E-state index is 15.7. The third kappa shape index (κ3) is 5.97. The number of thioether (sulfide) groups is 1. The molecule has 188 valence electrons. The number of nitrogens with zero attached hydrogens (tertiary/aromatic N) is 2. The number of carbonyl (C=O) groups is 1. The first-order valence-electron chi connectivity index (χ1n) is 11.8. The molecule has 0 amide bonds. The van der Waals surface area contributed by atoms with Crippen LogP contribution >= 0.6 is 23.1 Å². The van der Waals surface area contributed by atoms with Gasteiger partial charge in [-0.3, -0.25) is 9.78 Å². The van der Waals surface area contributed by atoms with Gasteiger partial charge in [0, 0.05) is 35.0 Å². The molecule has 1 aliphatic heterocycles. The van der Waals surface area contributed by atoms with E-state index in [1.54, 1.807) is 36.6 Å². The fourth-order valence-electron chi connectivity index (χ4n) is 4.80. The van der Waals surface area contributed by atoms with E-state index < -0.39 is 17.6 Å². The third-order valence-electron chi connectivity index (χ3n) is 6.97. The summed E-state index contributed by atoms with van der Waals surface area (Å²) in [6.07, 6.45) is 1.43. The first-order valence-corrected chi connectivity index (χ1v) is 13.6. The Kier molecular flexibility index (Phi) is 8.64. The van der Waals surface area contributed by atoms with Crippen molar-refractivity contribution in [3.8, 4) is 5.75 Å². The minimum Gasteiger partial charge on any atom is -0.497 e. The van der Waals surface area contributed by atoms with E-state index in [4.69, 9.17) is 4.74 Å². The van der Waals surface area contributed by atoms with Crippen LogP contribution in [0, 0.1) is 5.41 Å². The van der Waals surface area contributed by atoms with Crippen LogP contribution in [0.4, 0.5) is 4.39 Å². The number of ether oxygens (including phenoxy) is 1. The second kappa shape index (κ2) is 11.7. The summed E-state index contributed by atoms with van der Waals surface area (Å²) >= 11 is 3.55. The van der Waals surface area contributed by atoms with Crippen molar-refractivity contribution in [3.05, 3.63) is 53.0 Å². The van der Waals surface area contributed by atoms with E-state index in [-0.39, 0.29) is 19.4 Å².